The Balaban J connectivity index is 2.54. The summed E-state index contributed by atoms with van der Waals surface area (Å²) in [7, 11) is -1.83. The number of carbonyl (C=O) groups excluding carboxylic acids is 1. The molecule has 0 aliphatic heterocycles. The van der Waals surface area contributed by atoms with E-state index in [0.29, 0.717) is 13.2 Å². The van der Waals surface area contributed by atoms with Crippen molar-refractivity contribution in [2.75, 3.05) is 33.1 Å². The van der Waals surface area contributed by atoms with Gasteiger partial charge in [-0.05, 0) is 17.7 Å². The maximum atomic E-state index is 11.8. The lowest BCUT2D eigenvalue weighted by molar-refractivity contribution is -0.121. The van der Waals surface area contributed by atoms with Crippen molar-refractivity contribution < 1.29 is 17.9 Å². The van der Waals surface area contributed by atoms with Crippen molar-refractivity contribution in [3.63, 3.8) is 0 Å². The Morgan fingerprint density at radius 1 is 1.38 bits per heavy atom. The first-order chi connectivity index (χ1) is 9.93. The molecule has 1 rings (SSSR count). The summed E-state index contributed by atoms with van der Waals surface area (Å²) in [5.41, 5.74) is 0.829. The zero-order valence-electron chi connectivity index (χ0n) is 12.3. The lowest BCUT2D eigenvalue weighted by Crippen LogP contribution is -2.35. The number of hydrogen-bond acceptors (Lipinski definition) is 5. The maximum absolute atomic E-state index is 11.8. The largest absolute Gasteiger partial charge is 0.383 e. The van der Waals surface area contributed by atoms with Crippen molar-refractivity contribution in [2.45, 2.75) is 13.0 Å². The molecule has 1 aromatic rings. The van der Waals surface area contributed by atoms with Crippen LogP contribution in [0.15, 0.2) is 24.5 Å². The summed E-state index contributed by atoms with van der Waals surface area (Å²) in [6.45, 7) is 1.21. The van der Waals surface area contributed by atoms with E-state index in [9.17, 15) is 13.2 Å². The number of ether oxygens (including phenoxy) is 1. The van der Waals surface area contributed by atoms with Gasteiger partial charge in [-0.1, -0.05) is 0 Å². The number of nitrogens with zero attached hydrogens (tertiary/aromatic N) is 2. The molecular weight excluding hydrogens is 294 g/mol. The summed E-state index contributed by atoms with van der Waals surface area (Å²) < 4.78 is 29.6. The van der Waals surface area contributed by atoms with Gasteiger partial charge in [0, 0.05) is 45.6 Å². The Morgan fingerprint density at radius 3 is 2.62 bits per heavy atom. The van der Waals surface area contributed by atoms with Crippen LogP contribution in [0.1, 0.15) is 12.0 Å². The third-order valence-corrected chi connectivity index (χ3v) is 4.04. The second kappa shape index (κ2) is 8.71. The second-order valence-electron chi connectivity index (χ2n) is 4.54. The quantitative estimate of drug-likeness (QED) is 0.648. The average molecular weight is 315 g/mol. The van der Waals surface area contributed by atoms with Gasteiger partial charge in [-0.3, -0.25) is 9.78 Å². The fourth-order valence-corrected chi connectivity index (χ4v) is 2.47. The number of hydrogen-bond donors (Lipinski definition) is 1. The van der Waals surface area contributed by atoms with Crippen molar-refractivity contribution >= 4 is 15.9 Å². The second-order valence-corrected chi connectivity index (χ2v) is 6.53. The topological polar surface area (TPSA) is 88.6 Å². The number of amides is 1. The van der Waals surface area contributed by atoms with Crippen molar-refractivity contribution in [2.24, 2.45) is 0 Å². The number of methoxy groups -OCH3 is 1. The number of sulfonamides is 1. The molecule has 0 saturated carbocycles. The molecule has 1 aromatic heterocycles. The molecule has 0 aromatic carbocycles. The molecule has 0 aliphatic rings. The van der Waals surface area contributed by atoms with Crippen LogP contribution in [0.3, 0.4) is 0 Å². The summed E-state index contributed by atoms with van der Waals surface area (Å²) in [5.74, 6) is -0.199. The van der Waals surface area contributed by atoms with Crippen LogP contribution in [0, 0.1) is 0 Å². The molecule has 0 bridgehead atoms. The third-order valence-electron chi connectivity index (χ3n) is 2.79. The monoisotopic (exact) mass is 315 g/mol. The van der Waals surface area contributed by atoms with Crippen LogP contribution in [0.5, 0.6) is 0 Å². The first-order valence-corrected chi connectivity index (χ1v) is 8.38. The van der Waals surface area contributed by atoms with Crippen LogP contribution in [-0.2, 0) is 26.1 Å². The fourth-order valence-electron chi connectivity index (χ4n) is 1.66. The molecule has 0 aliphatic carbocycles. The van der Waals surface area contributed by atoms with Gasteiger partial charge in [0.25, 0.3) is 0 Å². The predicted octanol–water partition coefficient (Wildman–Crippen LogP) is -0.00410. The van der Waals surface area contributed by atoms with E-state index in [1.54, 1.807) is 31.6 Å². The molecule has 0 spiro atoms. The first kappa shape index (κ1) is 17.5. The van der Waals surface area contributed by atoms with E-state index in [-0.39, 0.29) is 25.4 Å². The Bertz CT molecular complexity index is 534. The minimum absolute atomic E-state index is 0.113. The molecule has 118 valence electrons. The number of carbonyl (C=O) groups is 1. The Morgan fingerprint density at radius 2 is 2.05 bits per heavy atom. The minimum atomic E-state index is -3.38. The van der Waals surface area contributed by atoms with E-state index in [1.807, 2.05) is 0 Å². The van der Waals surface area contributed by atoms with Gasteiger partial charge in [-0.15, -0.1) is 0 Å². The standard InChI is InChI=1S/C13H21N3O4S/c1-20-10-8-15-13(17)5-9-16(21(2,18)19)11-12-3-6-14-7-4-12/h3-4,6-7H,5,8-11H2,1-2H3,(H,15,17). The van der Waals surface area contributed by atoms with E-state index in [2.05, 4.69) is 10.3 Å². The highest BCUT2D eigenvalue weighted by atomic mass is 32.2. The van der Waals surface area contributed by atoms with E-state index in [1.165, 1.54) is 4.31 Å². The van der Waals surface area contributed by atoms with Gasteiger partial charge in [0.15, 0.2) is 0 Å². The number of pyridine rings is 1. The first-order valence-electron chi connectivity index (χ1n) is 6.53. The summed E-state index contributed by atoms with van der Waals surface area (Å²) >= 11 is 0. The average Bonchev–Trinajstić information content (AvgIpc) is 2.43. The molecule has 0 radical (unpaired) electrons. The molecule has 0 unspecified atom stereocenters. The molecule has 1 N–H and O–H groups in total. The normalized spacial score (nSPS) is 11.6. The van der Waals surface area contributed by atoms with Crippen LogP contribution in [-0.4, -0.2) is 56.7 Å². The summed E-state index contributed by atoms with van der Waals surface area (Å²) in [6.07, 6.45) is 4.46. The van der Waals surface area contributed by atoms with Gasteiger partial charge in [0.05, 0.1) is 12.9 Å². The molecular formula is C13H21N3O4S. The highest BCUT2D eigenvalue weighted by Crippen LogP contribution is 2.08. The smallest absolute Gasteiger partial charge is 0.221 e. The van der Waals surface area contributed by atoms with E-state index in [0.717, 1.165) is 11.8 Å². The van der Waals surface area contributed by atoms with Gasteiger partial charge in [-0.2, -0.15) is 4.31 Å². The van der Waals surface area contributed by atoms with Crippen LogP contribution in [0.2, 0.25) is 0 Å². The lowest BCUT2D eigenvalue weighted by Gasteiger charge is -2.19. The van der Waals surface area contributed by atoms with E-state index in [4.69, 9.17) is 4.74 Å². The molecule has 0 saturated heterocycles. The van der Waals surface area contributed by atoms with Crippen LogP contribution in [0.25, 0.3) is 0 Å². The van der Waals surface area contributed by atoms with Gasteiger partial charge in [0.2, 0.25) is 15.9 Å². The highest BCUT2D eigenvalue weighted by molar-refractivity contribution is 7.88. The van der Waals surface area contributed by atoms with Crippen LogP contribution in [0.4, 0.5) is 0 Å². The SMILES string of the molecule is COCCNC(=O)CCN(Cc1ccncc1)S(C)(=O)=O. The van der Waals surface area contributed by atoms with E-state index < -0.39 is 10.0 Å². The Labute approximate surface area is 125 Å². The fraction of sp³-hybridized carbons (Fsp3) is 0.538. The molecule has 0 atom stereocenters. The molecule has 21 heavy (non-hydrogen) atoms. The molecule has 8 heteroatoms. The van der Waals surface area contributed by atoms with Gasteiger partial charge >= 0.3 is 0 Å². The minimum Gasteiger partial charge on any atom is -0.383 e. The molecule has 0 fully saturated rings. The highest BCUT2D eigenvalue weighted by Gasteiger charge is 2.18. The van der Waals surface area contributed by atoms with Crippen LogP contribution >= 0.6 is 0 Å². The third kappa shape index (κ3) is 7.16. The number of nitrogens with one attached hydrogen (secondary N) is 1. The van der Waals surface area contributed by atoms with Gasteiger partial charge in [0.1, 0.15) is 0 Å². The van der Waals surface area contributed by atoms with Crippen molar-refractivity contribution in [1.29, 1.82) is 0 Å². The van der Waals surface area contributed by atoms with Crippen molar-refractivity contribution in [3.8, 4) is 0 Å². The lowest BCUT2D eigenvalue weighted by atomic mass is 10.2. The van der Waals surface area contributed by atoms with Crippen molar-refractivity contribution in [3.05, 3.63) is 30.1 Å². The van der Waals surface area contributed by atoms with Crippen LogP contribution < -0.4 is 5.32 Å². The molecule has 1 amide bonds. The predicted molar refractivity (Wildman–Crippen MR) is 79.0 cm³/mol. The number of rotatable bonds is 9. The summed E-state index contributed by atoms with van der Waals surface area (Å²) in [5, 5.41) is 2.66. The number of aromatic nitrogens is 1. The summed E-state index contributed by atoms with van der Waals surface area (Å²) in [6, 6.07) is 3.49. The Hall–Kier alpha value is -1.51. The molecule has 1 heterocycles. The molecule has 7 nitrogen and oxygen atoms in total. The zero-order chi connectivity index (χ0) is 15.7. The Kier molecular flexibility index (Phi) is 7.27. The van der Waals surface area contributed by atoms with Crippen molar-refractivity contribution in [1.82, 2.24) is 14.6 Å². The maximum Gasteiger partial charge on any atom is 0.221 e. The van der Waals surface area contributed by atoms with Gasteiger partial charge in [-0.25, -0.2) is 8.42 Å². The summed E-state index contributed by atoms with van der Waals surface area (Å²) in [4.78, 5) is 15.5. The van der Waals surface area contributed by atoms with Gasteiger partial charge < -0.3 is 10.1 Å². The zero-order valence-corrected chi connectivity index (χ0v) is 13.1. The van der Waals surface area contributed by atoms with E-state index >= 15 is 0 Å².